The molecule has 0 N–H and O–H groups in total. The van der Waals surface area contributed by atoms with Gasteiger partial charge in [-0.1, -0.05) is 18.2 Å². The summed E-state index contributed by atoms with van der Waals surface area (Å²) >= 11 is 0. The molecule has 1 saturated heterocycles. The van der Waals surface area contributed by atoms with Crippen LogP contribution in [0.3, 0.4) is 0 Å². The van der Waals surface area contributed by atoms with E-state index in [1.807, 2.05) is 30.3 Å². The third-order valence-corrected chi connectivity index (χ3v) is 5.62. The van der Waals surface area contributed by atoms with Gasteiger partial charge >= 0.3 is 5.97 Å². The lowest BCUT2D eigenvalue weighted by atomic mass is 9.82. The van der Waals surface area contributed by atoms with E-state index in [0.29, 0.717) is 17.4 Å². The Labute approximate surface area is 119 Å². The molecular weight excluding hydrogens is 250 g/mol. The highest BCUT2D eigenvalue weighted by Crippen LogP contribution is 2.56. The highest BCUT2D eigenvalue weighted by atomic mass is 16.5. The molecule has 3 nitrogen and oxygen atoms in total. The van der Waals surface area contributed by atoms with Crippen molar-refractivity contribution >= 4 is 5.97 Å². The molecule has 0 radical (unpaired) electrons. The van der Waals surface area contributed by atoms with Gasteiger partial charge in [0.1, 0.15) is 6.10 Å². The van der Waals surface area contributed by atoms with Crippen molar-refractivity contribution in [1.29, 1.82) is 0 Å². The van der Waals surface area contributed by atoms with Crippen LogP contribution in [0.15, 0.2) is 30.3 Å². The molecule has 20 heavy (non-hydrogen) atoms. The molecule has 1 aromatic rings. The van der Waals surface area contributed by atoms with Crippen LogP contribution < -0.4 is 0 Å². The lowest BCUT2D eigenvalue weighted by Gasteiger charge is -2.21. The minimum absolute atomic E-state index is 0.138. The number of hydrogen-bond acceptors (Lipinski definition) is 3. The quantitative estimate of drug-likeness (QED) is 0.774. The van der Waals surface area contributed by atoms with Gasteiger partial charge in [0.15, 0.2) is 0 Å². The Bertz CT molecular complexity index is 495. The van der Waals surface area contributed by atoms with Crippen molar-refractivity contribution in [2.24, 2.45) is 23.7 Å². The summed E-state index contributed by atoms with van der Waals surface area (Å²) in [6, 6.07) is 9.39. The maximum Gasteiger partial charge on any atom is 0.338 e. The molecule has 3 aliphatic rings. The summed E-state index contributed by atoms with van der Waals surface area (Å²) in [6.45, 7) is 2.37. The summed E-state index contributed by atoms with van der Waals surface area (Å²) in [7, 11) is 2.21. The fraction of sp³-hybridized carbons (Fsp3) is 0.588. The first-order valence-electron chi connectivity index (χ1n) is 7.68. The Balaban J connectivity index is 1.50. The standard InChI is InChI=1S/C17H21NO2/c1-18-9-14-12-7-8-13(15(14)10-18)16(12)20-17(19)11-5-3-2-4-6-11/h2-6,12-16H,7-10H2,1H3/t12-,13-,14-,15+,16?/m0/s1. The number of likely N-dealkylation sites (tertiary alicyclic amines) is 1. The van der Waals surface area contributed by atoms with Gasteiger partial charge in [0.25, 0.3) is 0 Å². The third kappa shape index (κ3) is 1.80. The maximum absolute atomic E-state index is 12.3. The summed E-state index contributed by atoms with van der Waals surface area (Å²) in [6.07, 6.45) is 2.66. The SMILES string of the molecule is CN1C[C@@H]2[C@H](C1)[C@@H]1CC[C@@H]2C1OC(=O)c1ccccc1. The predicted molar refractivity (Wildman–Crippen MR) is 76.3 cm³/mol. The van der Waals surface area contributed by atoms with Crippen LogP contribution in [0, 0.1) is 23.7 Å². The molecule has 1 aromatic carbocycles. The van der Waals surface area contributed by atoms with Crippen molar-refractivity contribution < 1.29 is 9.53 Å². The van der Waals surface area contributed by atoms with Crippen molar-refractivity contribution in [3.05, 3.63) is 35.9 Å². The number of benzene rings is 1. The van der Waals surface area contributed by atoms with Crippen LogP contribution in [-0.2, 0) is 4.74 Å². The van der Waals surface area contributed by atoms with Crippen molar-refractivity contribution in [2.75, 3.05) is 20.1 Å². The highest BCUT2D eigenvalue weighted by Gasteiger charge is 2.58. The molecule has 106 valence electrons. The van der Waals surface area contributed by atoms with Crippen LogP contribution in [0.4, 0.5) is 0 Å². The fourth-order valence-electron chi connectivity index (χ4n) is 4.86. The van der Waals surface area contributed by atoms with Crippen LogP contribution in [-0.4, -0.2) is 37.1 Å². The number of carbonyl (C=O) groups excluding carboxylic acids is 1. The molecule has 4 rings (SSSR count). The van der Waals surface area contributed by atoms with Crippen LogP contribution in [0.1, 0.15) is 23.2 Å². The first-order chi connectivity index (χ1) is 9.74. The first-order valence-corrected chi connectivity index (χ1v) is 7.68. The van der Waals surface area contributed by atoms with E-state index in [9.17, 15) is 4.79 Å². The molecule has 0 amide bonds. The van der Waals surface area contributed by atoms with Crippen molar-refractivity contribution in [2.45, 2.75) is 18.9 Å². The van der Waals surface area contributed by atoms with Crippen molar-refractivity contribution in [3.63, 3.8) is 0 Å². The molecule has 2 aliphatic carbocycles. The minimum Gasteiger partial charge on any atom is -0.458 e. The van der Waals surface area contributed by atoms with Gasteiger partial charge in [0, 0.05) is 24.9 Å². The monoisotopic (exact) mass is 271 g/mol. The molecule has 0 aromatic heterocycles. The van der Waals surface area contributed by atoms with E-state index in [4.69, 9.17) is 4.74 Å². The van der Waals surface area contributed by atoms with Gasteiger partial charge in [-0.3, -0.25) is 0 Å². The molecule has 2 bridgehead atoms. The van der Waals surface area contributed by atoms with Gasteiger partial charge in [-0.2, -0.15) is 0 Å². The number of ether oxygens (including phenoxy) is 1. The van der Waals surface area contributed by atoms with E-state index in [1.165, 1.54) is 25.9 Å². The summed E-state index contributed by atoms with van der Waals surface area (Å²) < 4.78 is 5.90. The summed E-state index contributed by atoms with van der Waals surface area (Å²) in [4.78, 5) is 14.7. The second kappa shape index (κ2) is 4.59. The van der Waals surface area contributed by atoms with Crippen molar-refractivity contribution in [3.8, 4) is 0 Å². The molecule has 2 saturated carbocycles. The van der Waals surface area contributed by atoms with Crippen molar-refractivity contribution in [1.82, 2.24) is 4.90 Å². The number of nitrogens with zero attached hydrogens (tertiary/aromatic N) is 1. The second-order valence-electron chi connectivity index (χ2n) is 6.69. The Hall–Kier alpha value is -1.35. The lowest BCUT2D eigenvalue weighted by molar-refractivity contribution is 0.0139. The number of fused-ring (bicyclic) bond motifs is 5. The van der Waals surface area contributed by atoms with E-state index >= 15 is 0 Å². The van der Waals surface area contributed by atoms with Gasteiger partial charge < -0.3 is 9.64 Å². The largest absolute Gasteiger partial charge is 0.458 e. The summed E-state index contributed by atoms with van der Waals surface area (Å²) in [5, 5.41) is 0. The lowest BCUT2D eigenvalue weighted by Crippen LogP contribution is -2.28. The minimum atomic E-state index is -0.138. The number of esters is 1. The summed E-state index contributed by atoms with van der Waals surface area (Å²) in [5.41, 5.74) is 0.682. The third-order valence-electron chi connectivity index (χ3n) is 5.62. The molecule has 3 fully saturated rings. The van der Waals surface area contributed by atoms with E-state index in [2.05, 4.69) is 11.9 Å². The number of carbonyl (C=O) groups is 1. The molecule has 1 aliphatic heterocycles. The molecule has 5 atom stereocenters. The van der Waals surface area contributed by atoms with Crippen LogP contribution in [0.25, 0.3) is 0 Å². The number of rotatable bonds is 2. The van der Waals surface area contributed by atoms with Crippen LogP contribution in [0.2, 0.25) is 0 Å². The van der Waals surface area contributed by atoms with E-state index in [0.717, 1.165) is 11.8 Å². The van der Waals surface area contributed by atoms with Crippen LogP contribution in [0.5, 0.6) is 0 Å². The molecule has 0 spiro atoms. The number of hydrogen-bond donors (Lipinski definition) is 0. The zero-order valence-corrected chi connectivity index (χ0v) is 11.9. The molecular formula is C17H21NO2. The van der Waals surface area contributed by atoms with Crippen LogP contribution >= 0.6 is 0 Å². The zero-order valence-electron chi connectivity index (χ0n) is 11.9. The first kappa shape index (κ1) is 12.4. The Morgan fingerprint density at radius 1 is 1.05 bits per heavy atom. The smallest absolute Gasteiger partial charge is 0.338 e. The van der Waals surface area contributed by atoms with Gasteiger partial charge in [-0.15, -0.1) is 0 Å². The molecule has 1 unspecified atom stereocenters. The van der Waals surface area contributed by atoms with Gasteiger partial charge in [0.2, 0.25) is 0 Å². The highest BCUT2D eigenvalue weighted by molar-refractivity contribution is 5.89. The van der Waals surface area contributed by atoms with E-state index in [-0.39, 0.29) is 12.1 Å². The zero-order chi connectivity index (χ0) is 13.7. The predicted octanol–water partition coefficient (Wildman–Crippen LogP) is 2.43. The normalized spacial score (nSPS) is 39.0. The Morgan fingerprint density at radius 2 is 1.65 bits per heavy atom. The fourth-order valence-corrected chi connectivity index (χ4v) is 4.86. The van der Waals surface area contributed by atoms with Gasteiger partial charge in [-0.05, 0) is 43.9 Å². The topological polar surface area (TPSA) is 29.5 Å². The molecule has 1 heterocycles. The molecule has 3 heteroatoms. The Morgan fingerprint density at radius 3 is 2.25 bits per heavy atom. The average molecular weight is 271 g/mol. The second-order valence-corrected chi connectivity index (χ2v) is 6.69. The summed E-state index contributed by atoms with van der Waals surface area (Å²) in [5.74, 6) is 2.57. The van der Waals surface area contributed by atoms with E-state index in [1.54, 1.807) is 0 Å². The van der Waals surface area contributed by atoms with E-state index < -0.39 is 0 Å². The van der Waals surface area contributed by atoms with Gasteiger partial charge in [-0.25, -0.2) is 4.79 Å². The average Bonchev–Trinajstić information content (AvgIpc) is 3.10. The maximum atomic E-state index is 12.3. The van der Waals surface area contributed by atoms with Gasteiger partial charge in [0.05, 0.1) is 5.56 Å². The Kier molecular flexibility index (Phi) is 2.84.